The largest absolute Gasteiger partial charge is 0.494 e. The van der Waals surface area contributed by atoms with Gasteiger partial charge in [-0.25, -0.2) is 4.98 Å². The van der Waals surface area contributed by atoms with E-state index < -0.39 is 10.0 Å². The smallest absolute Gasteiger partial charge is 0.278 e. The van der Waals surface area contributed by atoms with Gasteiger partial charge in [0.1, 0.15) is 11.6 Å². The quantitative estimate of drug-likeness (QED) is 0.877. The highest BCUT2D eigenvalue weighted by Crippen LogP contribution is 2.18. The van der Waals surface area contributed by atoms with Gasteiger partial charge >= 0.3 is 0 Å². The number of aromatic nitrogens is 2. The molecule has 0 saturated carbocycles. The lowest BCUT2D eigenvalue weighted by Gasteiger charge is -2.07. The number of rotatable bonds is 5. The molecule has 0 amide bonds. The molecule has 0 aliphatic rings. The Morgan fingerprint density at radius 1 is 1.32 bits per heavy atom. The molecule has 19 heavy (non-hydrogen) atoms. The second-order valence-corrected chi connectivity index (χ2v) is 5.55. The first-order valence-corrected chi connectivity index (χ1v) is 7.27. The van der Waals surface area contributed by atoms with E-state index >= 15 is 0 Å². The first kappa shape index (κ1) is 13.4. The molecule has 0 fully saturated rings. The molecule has 0 spiro atoms. The van der Waals surface area contributed by atoms with Gasteiger partial charge < -0.3 is 9.72 Å². The minimum Gasteiger partial charge on any atom is -0.494 e. The summed E-state index contributed by atoms with van der Waals surface area (Å²) >= 11 is 0. The Morgan fingerprint density at radius 3 is 2.53 bits per heavy atom. The van der Waals surface area contributed by atoms with E-state index in [1.807, 2.05) is 6.92 Å². The molecule has 1 aromatic carbocycles. The number of imidazole rings is 1. The van der Waals surface area contributed by atoms with Crippen LogP contribution in [0.3, 0.4) is 0 Å². The number of nitrogens with zero attached hydrogens (tertiary/aromatic N) is 1. The standard InChI is InChI=1S/C12H15N3O3S/c1-3-18-11-6-4-10(5-7-11)15-19(16,17)12-8-13-9(2)14-12/h4-8,15H,3H2,1-2H3,(H,13,14). The van der Waals surface area contributed by atoms with Crippen LogP contribution >= 0.6 is 0 Å². The fourth-order valence-corrected chi connectivity index (χ4v) is 2.56. The monoisotopic (exact) mass is 281 g/mol. The summed E-state index contributed by atoms with van der Waals surface area (Å²) in [5.41, 5.74) is 0.468. The summed E-state index contributed by atoms with van der Waals surface area (Å²) in [7, 11) is -3.63. The molecule has 2 aromatic rings. The number of anilines is 1. The van der Waals surface area contributed by atoms with Crippen molar-refractivity contribution in [2.24, 2.45) is 0 Å². The average molecular weight is 281 g/mol. The van der Waals surface area contributed by atoms with Gasteiger partial charge in [-0.05, 0) is 38.1 Å². The molecule has 102 valence electrons. The fourth-order valence-electron chi connectivity index (χ4n) is 1.53. The summed E-state index contributed by atoms with van der Waals surface area (Å²) in [5, 5.41) is 0.0406. The highest BCUT2D eigenvalue weighted by molar-refractivity contribution is 7.92. The lowest BCUT2D eigenvalue weighted by molar-refractivity contribution is 0.340. The zero-order valence-electron chi connectivity index (χ0n) is 10.7. The molecular formula is C12H15N3O3S. The number of nitrogens with one attached hydrogen (secondary N) is 2. The van der Waals surface area contributed by atoms with Crippen LogP contribution in [0.15, 0.2) is 35.5 Å². The van der Waals surface area contributed by atoms with Crippen molar-refractivity contribution in [3.63, 3.8) is 0 Å². The number of aryl methyl sites for hydroxylation is 1. The number of H-pyrrole nitrogens is 1. The van der Waals surface area contributed by atoms with Gasteiger partial charge in [-0.2, -0.15) is 8.42 Å². The van der Waals surface area contributed by atoms with Crippen LogP contribution in [0.25, 0.3) is 0 Å². The molecule has 6 nitrogen and oxygen atoms in total. The third-order valence-corrected chi connectivity index (χ3v) is 3.68. The van der Waals surface area contributed by atoms with Crippen LogP contribution in [-0.4, -0.2) is 25.0 Å². The normalized spacial score (nSPS) is 11.3. The van der Waals surface area contributed by atoms with Gasteiger partial charge in [-0.1, -0.05) is 0 Å². The van der Waals surface area contributed by atoms with E-state index in [2.05, 4.69) is 14.7 Å². The first-order valence-electron chi connectivity index (χ1n) is 5.78. The van der Waals surface area contributed by atoms with Crippen molar-refractivity contribution in [2.45, 2.75) is 18.9 Å². The summed E-state index contributed by atoms with van der Waals surface area (Å²) in [6, 6.07) is 6.71. The van der Waals surface area contributed by atoms with Crippen LogP contribution in [0.1, 0.15) is 12.7 Å². The summed E-state index contributed by atoms with van der Waals surface area (Å²) < 4.78 is 31.8. The van der Waals surface area contributed by atoms with Gasteiger partial charge in [0.05, 0.1) is 12.8 Å². The Bertz CT molecular complexity index is 647. The zero-order chi connectivity index (χ0) is 13.9. The molecule has 0 aliphatic carbocycles. The zero-order valence-corrected chi connectivity index (χ0v) is 11.5. The molecule has 0 aliphatic heterocycles. The maximum Gasteiger partial charge on any atom is 0.278 e. The Balaban J connectivity index is 2.16. The van der Waals surface area contributed by atoms with E-state index in [0.29, 0.717) is 23.9 Å². The van der Waals surface area contributed by atoms with Gasteiger partial charge in [-0.3, -0.25) is 4.72 Å². The SMILES string of the molecule is CCOc1ccc(NS(=O)(=O)c2cnc(C)[nH]2)cc1. The van der Waals surface area contributed by atoms with E-state index in [1.54, 1.807) is 31.2 Å². The number of aromatic amines is 1. The van der Waals surface area contributed by atoms with E-state index in [0.717, 1.165) is 0 Å². The minimum absolute atomic E-state index is 0.0406. The lowest BCUT2D eigenvalue weighted by atomic mass is 10.3. The third-order valence-electron chi connectivity index (χ3n) is 2.39. The Hall–Kier alpha value is -2.02. The van der Waals surface area contributed by atoms with Crippen molar-refractivity contribution < 1.29 is 13.2 Å². The summed E-state index contributed by atoms with van der Waals surface area (Å²) in [6.45, 7) is 4.14. The van der Waals surface area contributed by atoms with Crippen molar-refractivity contribution in [3.8, 4) is 5.75 Å². The number of hydrogen-bond donors (Lipinski definition) is 2. The highest BCUT2D eigenvalue weighted by Gasteiger charge is 2.16. The Morgan fingerprint density at radius 2 is 2.00 bits per heavy atom. The molecule has 0 bridgehead atoms. The molecule has 0 atom stereocenters. The van der Waals surface area contributed by atoms with Crippen LogP contribution in [0.4, 0.5) is 5.69 Å². The highest BCUT2D eigenvalue weighted by atomic mass is 32.2. The molecule has 2 N–H and O–H groups in total. The average Bonchev–Trinajstić information content (AvgIpc) is 2.79. The Kier molecular flexibility index (Phi) is 3.75. The van der Waals surface area contributed by atoms with Gasteiger partial charge in [0.25, 0.3) is 10.0 Å². The van der Waals surface area contributed by atoms with Crippen molar-refractivity contribution in [2.75, 3.05) is 11.3 Å². The van der Waals surface area contributed by atoms with Crippen LogP contribution in [0.2, 0.25) is 0 Å². The van der Waals surface area contributed by atoms with Crippen molar-refractivity contribution in [1.82, 2.24) is 9.97 Å². The predicted molar refractivity (Wildman–Crippen MR) is 71.7 cm³/mol. The molecular weight excluding hydrogens is 266 g/mol. The molecule has 0 unspecified atom stereocenters. The Labute approximate surface area is 111 Å². The van der Waals surface area contributed by atoms with Crippen LogP contribution < -0.4 is 9.46 Å². The van der Waals surface area contributed by atoms with Gasteiger partial charge in [0, 0.05) is 5.69 Å². The van der Waals surface area contributed by atoms with E-state index in [9.17, 15) is 8.42 Å². The van der Waals surface area contributed by atoms with Crippen LogP contribution in [0.5, 0.6) is 5.75 Å². The molecule has 0 saturated heterocycles. The molecule has 1 aromatic heterocycles. The van der Waals surface area contributed by atoms with Gasteiger partial charge in [0.2, 0.25) is 0 Å². The first-order chi connectivity index (χ1) is 9.01. The van der Waals surface area contributed by atoms with Gasteiger partial charge in [0.15, 0.2) is 5.03 Å². The maximum absolute atomic E-state index is 12.0. The maximum atomic E-state index is 12.0. The second kappa shape index (κ2) is 5.31. The predicted octanol–water partition coefficient (Wildman–Crippen LogP) is 1.92. The lowest BCUT2D eigenvalue weighted by Crippen LogP contribution is -2.13. The molecule has 7 heteroatoms. The summed E-state index contributed by atoms with van der Waals surface area (Å²) in [5.74, 6) is 1.25. The number of ether oxygens (including phenoxy) is 1. The second-order valence-electron chi connectivity index (χ2n) is 3.90. The third kappa shape index (κ3) is 3.25. The molecule has 2 rings (SSSR count). The molecule has 1 heterocycles. The molecule has 0 radical (unpaired) electrons. The fraction of sp³-hybridized carbons (Fsp3) is 0.250. The van der Waals surface area contributed by atoms with Crippen molar-refractivity contribution in [3.05, 3.63) is 36.3 Å². The number of benzene rings is 1. The van der Waals surface area contributed by atoms with Gasteiger partial charge in [-0.15, -0.1) is 0 Å². The minimum atomic E-state index is -3.63. The number of hydrogen-bond acceptors (Lipinski definition) is 4. The van der Waals surface area contributed by atoms with E-state index in [4.69, 9.17) is 4.74 Å². The summed E-state index contributed by atoms with van der Waals surface area (Å²) in [6.07, 6.45) is 1.28. The van der Waals surface area contributed by atoms with Crippen LogP contribution in [0, 0.1) is 6.92 Å². The number of sulfonamides is 1. The van der Waals surface area contributed by atoms with Crippen LogP contribution in [-0.2, 0) is 10.0 Å². The van der Waals surface area contributed by atoms with E-state index in [-0.39, 0.29) is 5.03 Å². The van der Waals surface area contributed by atoms with Crippen molar-refractivity contribution >= 4 is 15.7 Å². The van der Waals surface area contributed by atoms with E-state index in [1.165, 1.54) is 6.20 Å². The topological polar surface area (TPSA) is 84.1 Å². The van der Waals surface area contributed by atoms with Crippen molar-refractivity contribution in [1.29, 1.82) is 0 Å². The summed E-state index contributed by atoms with van der Waals surface area (Å²) in [4.78, 5) is 6.55.